The third-order valence-corrected chi connectivity index (χ3v) is 4.58. The van der Waals surface area contributed by atoms with Gasteiger partial charge in [-0.1, -0.05) is 24.3 Å². The maximum absolute atomic E-state index is 12.3. The molecular weight excluding hydrogens is 386 g/mol. The van der Waals surface area contributed by atoms with E-state index in [9.17, 15) is 19.2 Å². The van der Waals surface area contributed by atoms with Gasteiger partial charge in [0.15, 0.2) is 6.61 Å². The Morgan fingerprint density at radius 2 is 1.73 bits per heavy atom. The highest BCUT2D eigenvalue weighted by atomic mass is 16.5. The van der Waals surface area contributed by atoms with Crippen molar-refractivity contribution in [3.8, 4) is 0 Å². The van der Waals surface area contributed by atoms with Gasteiger partial charge in [0.25, 0.3) is 11.8 Å². The molecule has 0 radical (unpaired) electrons. The second-order valence-electron chi connectivity index (χ2n) is 7.24. The Morgan fingerprint density at radius 3 is 2.40 bits per heavy atom. The van der Waals surface area contributed by atoms with Crippen LogP contribution in [-0.2, 0) is 19.1 Å². The number of ether oxygens (including phenoxy) is 1. The molecule has 30 heavy (non-hydrogen) atoms. The largest absolute Gasteiger partial charge is 0.455 e. The smallest absolute Gasteiger partial charge is 0.311 e. The first-order valence-electron chi connectivity index (χ1n) is 9.53. The first kappa shape index (κ1) is 21.0. The number of anilines is 1. The number of carbonyl (C=O) groups is 4. The van der Waals surface area contributed by atoms with Gasteiger partial charge in [-0.15, -0.1) is 0 Å². The van der Waals surface area contributed by atoms with Gasteiger partial charge in [-0.2, -0.15) is 0 Å². The molecule has 1 saturated heterocycles. The van der Waals surface area contributed by atoms with E-state index in [0.717, 1.165) is 16.1 Å². The summed E-state index contributed by atoms with van der Waals surface area (Å²) < 4.78 is 5.06. The second-order valence-corrected chi connectivity index (χ2v) is 7.24. The van der Waals surface area contributed by atoms with Crippen LogP contribution in [0.5, 0.6) is 0 Å². The van der Waals surface area contributed by atoms with Crippen LogP contribution in [0.15, 0.2) is 48.5 Å². The summed E-state index contributed by atoms with van der Waals surface area (Å²) in [6.45, 7) is 3.38. The van der Waals surface area contributed by atoms with Crippen molar-refractivity contribution in [2.75, 3.05) is 18.5 Å². The minimum absolute atomic E-state index is 0.00503. The van der Waals surface area contributed by atoms with Crippen molar-refractivity contribution >= 4 is 29.4 Å². The lowest BCUT2D eigenvalue weighted by Crippen LogP contribution is -2.43. The van der Waals surface area contributed by atoms with Gasteiger partial charge in [-0.25, -0.2) is 0 Å². The zero-order valence-electron chi connectivity index (χ0n) is 16.8. The monoisotopic (exact) mass is 409 g/mol. The number of nitrogens with zero attached hydrogens (tertiary/aromatic N) is 1. The minimum atomic E-state index is -0.748. The van der Waals surface area contributed by atoms with Crippen molar-refractivity contribution < 1.29 is 23.9 Å². The molecule has 1 atom stereocenters. The van der Waals surface area contributed by atoms with Crippen LogP contribution in [0.4, 0.5) is 5.69 Å². The van der Waals surface area contributed by atoms with Crippen LogP contribution in [0.3, 0.4) is 0 Å². The maximum atomic E-state index is 12.3. The van der Waals surface area contributed by atoms with Crippen LogP contribution in [0, 0.1) is 19.8 Å². The number of aryl methyl sites for hydroxylation is 2. The number of esters is 1. The summed E-state index contributed by atoms with van der Waals surface area (Å²) in [5.74, 6) is -2.70. The fourth-order valence-electron chi connectivity index (χ4n) is 3.25. The highest BCUT2D eigenvalue weighted by Crippen LogP contribution is 2.18. The number of benzene rings is 2. The molecule has 156 valence electrons. The van der Waals surface area contributed by atoms with Crippen LogP contribution >= 0.6 is 0 Å². The Labute approximate surface area is 174 Å². The molecule has 2 N–H and O–H groups in total. The molecule has 1 aliphatic rings. The average molecular weight is 409 g/mol. The zero-order chi connectivity index (χ0) is 21.7. The van der Waals surface area contributed by atoms with Gasteiger partial charge < -0.3 is 10.1 Å². The lowest BCUT2D eigenvalue weighted by atomic mass is 10.1. The topological polar surface area (TPSA) is 105 Å². The van der Waals surface area contributed by atoms with Gasteiger partial charge in [-0.3, -0.25) is 29.6 Å². The Hall–Kier alpha value is -3.68. The molecular formula is C22H23N3O5. The first-order chi connectivity index (χ1) is 14.3. The molecule has 1 fully saturated rings. The molecule has 0 unspecified atom stereocenters. The highest BCUT2D eigenvalue weighted by molar-refractivity contribution is 5.97. The second kappa shape index (κ2) is 9.21. The van der Waals surface area contributed by atoms with E-state index in [1.54, 1.807) is 30.3 Å². The molecule has 1 heterocycles. The highest BCUT2D eigenvalue weighted by Gasteiger charge is 2.36. The van der Waals surface area contributed by atoms with E-state index in [1.807, 2.05) is 32.0 Å². The standard InChI is InChI=1S/C22H23N3O5/c1-14-8-15(2)10-18(9-14)23-19(26)13-30-22(29)17-11-20(27)25(12-17)24-21(28)16-6-4-3-5-7-16/h3-10,17H,11-13H2,1-2H3,(H,23,26)(H,24,28)/t17-/m1/s1. The Kier molecular flexibility index (Phi) is 6.46. The van der Waals surface area contributed by atoms with Crippen molar-refractivity contribution in [3.63, 3.8) is 0 Å². The predicted octanol–water partition coefficient (Wildman–Crippen LogP) is 1.98. The van der Waals surface area contributed by atoms with E-state index in [2.05, 4.69) is 10.7 Å². The summed E-state index contributed by atoms with van der Waals surface area (Å²) in [7, 11) is 0. The zero-order valence-corrected chi connectivity index (χ0v) is 16.8. The fraction of sp³-hybridized carbons (Fsp3) is 0.273. The molecule has 2 aromatic rings. The van der Waals surface area contributed by atoms with Crippen LogP contribution in [0.1, 0.15) is 27.9 Å². The van der Waals surface area contributed by atoms with Crippen molar-refractivity contribution in [1.82, 2.24) is 10.4 Å². The summed E-state index contributed by atoms with van der Waals surface area (Å²) >= 11 is 0. The molecule has 0 spiro atoms. The number of hydrogen-bond acceptors (Lipinski definition) is 5. The SMILES string of the molecule is Cc1cc(C)cc(NC(=O)COC(=O)[C@@H]2CC(=O)N(NC(=O)c3ccccc3)C2)c1. The summed E-state index contributed by atoms with van der Waals surface area (Å²) in [5, 5.41) is 3.79. The van der Waals surface area contributed by atoms with Crippen LogP contribution in [0.2, 0.25) is 0 Å². The third-order valence-electron chi connectivity index (χ3n) is 4.58. The summed E-state index contributed by atoms with van der Waals surface area (Å²) in [6, 6.07) is 14.1. The average Bonchev–Trinajstić information content (AvgIpc) is 3.06. The Morgan fingerprint density at radius 1 is 1.07 bits per heavy atom. The first-order valence-corrected chi connectivity index (χ1v) is 9.53. The lowest BCUT2D eigenvalue weighted by molar-refractivity contribution is -0.151. The predicted molar refractivity (Wildman–Crippen MR) is 109 cm³/mol. The molecule has 0 aliphatic carbocycles. The minimum Gasteiger partial charge on any atom is -0.455 e. The van der Waals surface area contributed by atoms with Crippen LogP contribution in [0.25, 0.3) is 0 Å². The molecule has 1 aliphatic heterocycles. The summed E-state index contributed by atoms with van der Waals surface area (Å²) in [5.41, 5.74) is 5.53. The van der Waals surface area contributed by atoms with E-state index in [4.69, 9.17) is 4.74 Å². The molecule has 0 aromatic heterocycles. The number of hydrogen-bond donors (Lipinski definition) is 2. The van der Waals surface area contributed by atoms with Crippen LogP contribution in [-0.4, -0.2) is 41.9 Å². The number of rotatable bonds is 6. The summed E-state index contributed by atoms with van der Waals surface area (Å²) in [4.78, 5) is 48.6. The van der Waals surface area contributed by atoms with Gasteiger partial charge >= 0.3 is 5.97 Å². The molecule has 0 saturated carbocycles. The third kappa shape index (κ3) is 5.44. The van der Waals surface area contributed by atoms with Gasteiger partial charge in [0, 0.05) is 17.7 Å². The molecule has 8 heteroatoms. The molecule has 3 amide bonds. The van der Waals surface area contributed by atoms with Crippen molar-refractivity contribution in [1.29, 1.82) is 0 Å². The van der Waals surface area contributed by atoms with E-state index in [0.29, 0.717) is 11.3 Å². The molecule has 3 rings (SSSR count). The van der Waals surface area contributed by atoms with Crippen LogP contribution < -0.4 is 10.7 Å². The molecule has 0 bridgehead atoms. The molecule has 8 nitrogen and oxygen atoms in total. The Balaban J connectivity index is 1.48. The van der Waals surface area contributed by atoms with Gasteiger partial charge in [-0.05, 0) is 49.2 Å². The van der Waals surface area contributed by atoms with Gasteiger partial charge in [0.05, 0.1) is 12.5 Å². The Bertz CT molecular complexity index is 954. The van der Waals surface area contributed by atoms with Crippen molar-refractivity contribution in [2.45, 2.75) is 20.3 Å². The summed E-state index contributed by atoms with van der Waals surface area (Å²) in [6.07, 6.45) is -0.0907. The number of hydrazine groups is 1. The fourth-order valence-corrected chi connectivity index (χ4v) is 3.25. The molecule has 2 aromatic carbocycles. The van der Waals surface area contributed by atoms with Crippen molar-refractivity contribution in [2.24, 2.45) is 5.92 Å². The van der Waals surface area contributed by atoms with Gasteiger partial charge in [0.1, 0.15) is 0 Å². The number of carbonyl (C=O) groups excluding carboxylic acids is 4. The maximum Gasteiger partial charge on any atom is 0.311 e. The van der Waals surface area contributed by atoms with Crippen molar-refractivity contribution in [3.05, 3.63) is 65.2 Å². The normalized spacial score (nSPS) is 15.6. The number of nitrogens with one attached hydrogen (secondary N) is 2. The van der Waals surface area contributed by atoms with Gasteiger partial charge in [0.2, 0.25) is 5.91 Å². The van der Waals surface area contributed by atoms with E-state index < -0.39 is 30.3 Å². The van der Waals surface area contributed by atoms with E-state index in [1.165, 1.54) is 0 Å². The van der Waals surface area contributed by atoms with E-state index >= 15 is 0 Å². The number of amides is 3. The quantitative estimate of drug-likeness (QED) is 0.710. The van der Waals surface area contributed by atoms with E-state index in [-0.39, 0.29) is 18.9 Å². The lowest BCUT2D eigenvalue weighted by Gasteiger charge is -2.17.